The number of rotatable bonds is 4. The van der Waals surface area contributed by atoms with Gasteiger partial charge < -0.3 is 14.7 Å². The Morgan fingerprint density at radius 1 is 1.24 bits per heavy atom. The van der Waals surface area contributed by atoms with Crippen molar-refractivity contribution in [1.29, 1.82) is 0 Å². The van der Waals surface area contributed by atoms with E-state index in [4.69, 9.17) is 4.74 Å². The van der Waals surface area contributed by atoms with Crippen LogP contribution in [-0.4, -0.2) is 58.2 Å². The zero-order valence-corrected chi connectivity index (χ0v) is 16.5. The van der Waals surface area contributed by atoms with E-state index >= 15 is 0 Å². The molecule has 2 aromatic rings. The SMILES string of the molecule is COCC1(C(=O)O)CCN(C(=O)c2ccc3c(=O)n4c(nc3c2)CCCCC4)C1. The summed E-state index contributed by atoms with van der Waals surface area (Å²) in [4.78, 5) is 43.8. The van der Waals surface area contributed by atoms with Gasteiger partial charge in [-0.05, 0) is 37.5 Å². The van der Waals surface area contributed by atoms with Crippen LogP contribution in [-0.2, 0) is 22.5 Å². The molecule has 29 heavy (non-hydrogen) atoms. The van der Waals surface area contributed by atoms with Gasteiger partial charge in [0.2, 0.25) is 0 Å². The highest BCUT2D eigenvalue weighted by molar-refractivity contribution is 5.98. The number of nitrogens with zero attached hydrogens (tertiary/aromatic N) is 3. The molecular weight excluding hydrogens is 374 g/mol. The van der Waals surface area contributed by atoms with E-state index in [1.807, 2.05) is 0 Å². The normalized spacial score (nSPS) is 21.8. The second-order valence-electron chi connectivity index (χ2n) is 8.02. The van der Waals surface area contributed by atoms with Gasteiger partial charge in [-0.15, -0.1) is 0 Å². The number of aromatic nitrogens is 2. The molecule has 0 aliphatic carbocycles. The van der Waals surface area contributed by atoms with Crippen LogP contribution in [0.2, 0.25) is 0 Å². The van der Waals surface area contributed by atoms with E-state index in [1.165, 1.54) is 7.11 Å². The molecule has 0 radical (unpaired) electrons. The number of hydrogen-bond donors (Lipinski definition) is 1. The maximum absolute atomic E-state index is 13.0. The molecule has 0 saturated carbocycles. The minimum Gasteiger partial charge on any atom is -0.481 e. The van der Waals surface area contributed by atoms with Crippen molar-refractivity contribution >= 4 is 22.8 Å². The van der Waals surface area contributed by atoms with Crippen LogP contribution in [0.25, 0.3) is 10.9 Å². The minimum absolute atomic E-state index is 0.0583. The van der Waals surface area contributed by atoms with E-state index < -0.39 is 11.4 Å². The molecule has 1 fully saturated rings. The van der Waals surface area contributed by atoms with Crippen molar-refractivity contribution in [3.8, 4) is 0 Å². The number of carbonyl (C=O) groups excluding carboxylic acids is 1. The highest BCUT2D eigenvalue weighted by Crippen LogP contribution is 2.32. The van der Waals surface area contributed by atoms with E-state index in [2.05, 4.69) is 4.98 Å². The van der Waals surface area contributed by atoms with Gasteiger partial charge in [-0.3, -0.25) is 19.0 Å². The predicted octanol–water partition coefficient (Wildman–Crippen LogP) is 1.69. The van der Waals surface area contributed by atoms with Crippen LogP contribution < -0.4 is 5.56 Å². The Bertz CT molecular complexity index is 1030. The number of amides is 1. The Morgan fingerprint density at radius 3 is 2.83 bits per heavy atom. The third-order valence-electron chi connectivity index (χ3n) is 6.08. The first-order chi connectivity index (χ1) is 13.9. The first-order valence-corrected chi connectivity index (χ1v) is 10.0. The highest BCUT2D eigenvalue weighted by atomic mass is 16.5. The van der Waals surface area contributed by atoms with Crippen LogP contribution in [0.3, 0.4) is 0 Å². The molecule has 8 heteroatoms. The molecule has 1 atom stereocenters. The Hall–Kier alpha value is -2.74. The van der Waals surface area contributed by atoms with Crippen LogP contribution in [0.15, 0.2) is 23.0 Å². The fourth-order valence-electron chi connectivity index (χ4n) is 4.41. The molecule has 4 rings (SSSR count). The number of methoxy groups -OCH3 is 1. The van der Waals surface area contributed by atoms with Gasteiger partial charge in [-0.2, -0.15) is 0 Å². The van der Waals surface area contributed by atoms with Crippen LogP contribution in [0.4, 0.5) is 0 Å². The zero-order chi connectivity index (χ0) is 20.6. The second kappa shape index (κ2) is 7.59. The number of aryl methyl sites for hydroxylation is 1. The number of fused-ring (bicyclic) bond motifs is 2. The van der Waals surface area contributed by atoms with Gasteiger partial charge in [0.05, 0.1) is 17.5 Å². The van der Waals surface area contributed by atoms with Crippen LogP contribution in [0, 0.1) is 5.41 Å². The topological polar surface area (TPSA) is 102 Å². The van der Waals surface area contributed by atoms with Gasteiger partial charge in [-0.25, -0.2) is 4.98 Å². The first-order valence-electron chi connectivity index (χ1n) is 10.0. The number of carboxylic acid groups (broad SMARTS) is 1. The second-order valence-corrected chi connectivity index (χ2v) is 8.02. The largest absolute Gasteiger partial charge is 0.481 e. The number of ether oxygens (including phenoxy) is 1. The summed E-state index contributed by atoms with van der Waals surface area (Å²) in [5.74, 6) is -0.427. The van der Waals surface area contributed by atoms with Crippen molar-refractivity contribution in [3.05, 3.63) is 39.9 Å². The molecule has 1 saturated heterocycles. The van der Waals surface area contributed by atoms with Crippen molar-refractivity contribution in [2.24, 2.45) is 5.41 Å². The van der Waals surface area contributed by atoms with Gasteiger partial charge in [-0.1, -0.05) is 6.42 Å². The molecule has 0 bridgehead atoms. The summed E-state index contributed by atoms with van der Waals surface area (Å²) >= 11 is 0. The standard InChI is InChI=1S/C21H25N3O5/c1-29-13-21(20(27)28)8-10-23(12-21)18(25)14-6-7-15-16(11-14)22-17-5-3-2-4-9-24(17)19(15)26/h6-7,11H,2-5,8-10,12-13H2,1H3,(H,27,28). The number of hydrogen-bond acceptors (Lipinski definition) is 5. The van der Waals surface area contributed by atoms with Gasteiger partial charge >= 0.3 is 5.97 Å². The van der Waals surface area contributed by atoms with Gasteiger partial charge in [0.25, 0.3) is 11.5 Å². The third-order valence-corrected chi connectivity index (χ3v) is 6.08. The molecule has 1 unspecified atom stereocenters. The van der Waals surface area contributed by atoms with E-state index in [0.29, 0.717) is 36.0 Å². The predicted molar refractivity (Wildman–Crippen MR) is 106 cm³/mol. The summed E-state index contributed by atoms with van der Waals surface area (Å²) in [7, 11) is 1.46. The average molecular weight is 399 g/mol. The number of likely N-dealkylation sites (tertiary alicyclic amines) is 1. The Kier molecular flexibility index (Phi) is 5.12. The number of carboxylic acids is 1. The molecule has 1 aromatic heterocycles. The van der Waals surface area contributed by atoms with Crippen LogP contribution in [0.1, 0.15) is 41.9 Å². The molecular formula is C21H25N3O5. The van der Waals surface area contributed by atoms with Gasteiger partial charge in [0.1, 0.15) is 11.2 Å². The Balaban J connectivity index is 1.65. The number of aliphatic carboxylic acids is 1. The average Bonchev–Trinajstić information content (AvgIpc) is 3.00. The maximum atomic E-state index is 13.0. The van der Waals surface area contributed by atoms with E-state index in [1.54, 1.807) is 27.7 Å². The maximum Gasteiger partial charge on any atom is 0.313 e. The zero-order valence-electron chi connectivity index (χ0n) is 16.5. The van der Waals surface area contributed by atoms with Crippen LogP contribution >= 0.6 is 0 Å². The molecule has 154 valence electrons. The molecule has 3 heterocycles. The van der Waals surface area contributed by atoms with Crippen molar-refractivity contribution < 1.29 is 19.4 Å². The first kappa shape index (κ1) is 19.6. The molecule has 0 spiro atoms. The molecule has 8 nitrogen and oxygen atoms in total. The summed E-state index contributed by atoms with van der Waals surface area (Å²) < 4.78 is 6.85. The number of benzene rings is 1. The lowest BCUT2D eigenvalue weighted by atomic mass is 9.88. The molecule has 1 N–H and O–H groups in total. The fraction of sp³-hybridized carbons (Fsp3) is 0.524. The van der Waals surface area contributed by atoms with Crippen molar-refractivity contribution in [2.75, 3.05) is 26.8 Å². The summed E-state index contributed by atoms with van der Waals surface area (Å²) in [6.45, 7) is 1.21. The summed E-state index contributed by atoms with van der Waals surface area (Å²) in [5, 5.41) is 10.1. The summed E-state index contributed by atoms with van der Waals surface area (Å²) in [6.07, 6.45) is 4.15. The number of carbonyl (C=O) groups is 2. The Labute approximate surface area is 168 Å². The fourth-order valence-corrected chi connectivity index (χ4v) is 4.41. The summed E-state index contributed by atoms with van der Waals surface area (Å²) in [6, 6.07) is 4.95. The van der Waals surface area contributed by atoms with Crippen molar-refractivity contribution in [2.45, 2.75) is 38.6 Å². The molecule has 2 aliphatic heterocycles. The van der Waals surface area contributed by atoms with Crippen molar-refractivity contribution in [1.82, 2.24) is 14.5 Å². The van der Waals surface area contributed by atoms with E-state index in [0.717, 1.165) is 31.5 Å². The molecule has 1 amide bonds. The molecule has 1 aromatic carbocycles. The van der Waals surface area contributed by atoms with Gasteiger partial charge in [0, 0.05) is 38.7 Å². The Morgan fingerprint density at radius 2 is 2.07 bits per heavy atom. The minimum atomic E-state index is -1.07. The lowest BCUT2D eigenvalue weighted by Crippen LogP contribution is -2.40. The smallest absolute Gasteiger partial charge is 0.313 e. The molecule has 2 aliphatic rings. The van der Waals surface area contributed by atoms with Crippen LogP contribution in [0.5, 0.6) is 0 Å². The van der Waals surface area contributed by atoms with Gasteiger partial charge in [0.15, 0.2) is 0 Å². The highest BCUT2D eigenvalue weighted by Gasteiger charge is 2.46. The van der Waals surface area contributed by atoms with E-state index in [-0.39, 0.29) is 24.6 Å². The lowest BCUT2D eigenvalue weighted by Gasteiger charge is -2.23. The summed E-state index contributed by atoms with van der Waals surface area (Å²) in [5.41, 5.74) is -0.191. The van der Waals surface area contributed by atoms with E-state index in [9.17, 15) is 19.5 Å². The third kappa shape index (κ3) is 3.42. The monoisotopic (exact) mass is 399 g/mol. The van der Waals surface area contributed by atoms with Crippen molar-refractivity contribution in [3.63, 3.8) is 0 Å². The quantitative estimate of drug-likeness (QED) is 0.839. The lowest BCUT2D eigenvalue weighted by molar-refractivity contribution is -0.151.